The minimum Gasteiger partial charge on any atom is -0.398 e. The predicted molar refractivity (Wildman–Crippen MR) is 44.6 cm³/mol. The Bertz CT molecular complexity index is 250. The van der Waals surface area contributed by atoms with Crippen LogP contribution < -0.4 is 4.89 Å². The Labute approximate surface area is 75.5 Å². The van der Waals surface area contributed by atoms with Gasteiger partial charge in [0.05, 0.1) is 0 Å². The quantitative estimate of drug-likeness (QED) is 0.411. The molecule has 0 unspecified atom stereocenters. The molecule has 0 aliphatic carbocycles. The van der Waals surface area contributed by atoms with Crippen LogP contribution in [-0.4, -0.2) is 17.6 Å². The van der Waals surface area contributed by atoms with Crippen molar-refractivity contribution >= 4 is 7.32 Å². The zero-order valence-corrected chi connectivity index (χ0v) is 7.01. The summed E-state index contributed by atoms with van der Waals surface area (Å²) in [5, 5.41) is 16.5. The Morgan fingerprint density at radius 2 is 1.85 bits per heavy atom. The molecular formula is C7H9BO5. The first-order valence-electron chi connectivity index (χ1n) is 3.60. The average molecular weight is 184 g/mol. The van der Waals surface area contributed by atoms with Gasteiger partial charge < -0.3 is 9.91 Å². The van der Waals surface area contributed by atoms with Crippen LogP contribution in [0, 0.1) is 6.92 Å². The summed E-state index contributed by atoms with van der Waals surface area (Å²) >= 11 is 0. The minimum absolute atomic E-state index is 0.404. The van der Waals surface area contributed by atoms with E-state index in [-0.39, 0.29) is 0 Å². The molecule has 0 radical (unpaired) electrons. The largest absolute Gasteiger partial charge is 0.703 e. The lowest BCUT2D eigenvalue weighted by atomic mass is 10.2. The molecule has 0 spiro atoms. The van der Waals surface area contributed by atoms with Crippen molar-refractivity contribution in [2.75, 3.05) is 0 Å². The van der Waals surface area contributed by atoms with E-state index in [4.69, 9.17) is 10.3 Å². The molecular weight excluding hydrogens is 175 g/mol. The molecule has 0 saturated carbocycles. The molecule has 6 heteroatoms. The van der Waals surface area contributed by atoms with Gasteiger partial charge in [-0.2, -0.15) is 4.81 Å². The number of hydrogen-bond acceptors (Lipinski definition) is 5. The van der Waals surface area contributed by atoms with Crippen LogP contribution in [0.25, 0.3) is 0 Å². The number of rotatable bonds is 4. The topological polar surface area (TPSA) is 68.2 Å². The molecule has 0 amide bonds. The van der Waals surface area contributed by atoms with Gasteiger partial charge in [0.15, 0.2) is 5.75 Å². The summed E-state index contributed by atoms with van der Waals surface area (Å²) in [5.74, 6) is 0.404. The summed E-state index contributed by atoms with van der Waals surface area (Å²) in [7, 11) is -1.80. The first kappa shape index (κ1) is 10.0. The maximum absolute atomic E-state index is 8.55. The fourth-order valence-electron chi connectivity index (χ4n) is 0.708. The van der Waals surface area contributed by atoms with Crippen molar-refractivity contribution in [3.63, 3.8) is 0 Å². The van der Waals surface area contributed by atoms with Crippen LogP contribution in [0.1, 0.15) is 5.56 Å². The molecule has 0 saturated heterocycles. The van der Waals surface area contributed by atoms with Gasteiger partial charge in [-0.05, 0) is 19.1 Å². The fourth-order valence-corrected chi connectivity index (χ4v) is 0.708. The van der Waals surface area contributed by atoms with Gasteiger partial charge in [-0.3, -0.25) is 5.26 Å². The molecule has 5 nitrogen and oxygen atoms in total. The van der Waals surface area contributed by atoms with Gasteiger partial charge in [0, 0.05) is 0 Å². The van der Waals surface area contributed by atoms with Crippen molar-refractivity contribution in [2.45, 2.75) is 6.92 Å². The Hall–Kier alpha value is -1.08. The average Bonchev–Trinajstić information content (AvgIpc) is 2.16. The van der Waals surface area contributed by atoms with Crippen LogP contribution in [0.4, 0.5) is 0 Å². The summed E-state index contributed by atoms with van der Waals surface area (Å²) in [5.41, 5.74) is 1.08. The van der Waals surface area contributed by atoms with Crippen molar-refractivity contribution in [1.82, 2.24) is 0 Å². The van der Waals surface area contributed by atoms with Gasteiger partial charge in [0.2, 0.25) is 0 Å². The van der Waals surface area contributed by atoms with Gasteiger partial charge in [0.1, 0.15) is 0 Å². The highest BCUT2D eigenvalue weighted by molar-refractivity contribution is 6.33. The van der Waals surface area contributed by atoms with E-state index >= 15 is 0 Å². The van der Waals surface area contributed by atoms with Crippen molar-refractivity contribution in [1.29, 1.82) is 0 Å². The van der Waals surface area contributed by atoms with E-state index in [1.807, 2.05) is 19.1 Å². The molecule has 0 fully saturated rings. The molecule has 0 aromatic heterocycles. The van der Waals surface area contributed by atoms with E-state index in [0.717, 1.165) is 5.56 Å². The van der Waals surface area contributed by atoms with Crippen molar-refractivity contribution in [3.05, 3.63) is 29.8 Å². The first-order chi connectivity index (χ1) is 6.22. The Kier molecular flexibility index (Phi) is 3.72. The lowest BCUT2D eigenvalue weighted by molar-refractivity contribution is -0.229. The monoisotopic (exact) mass is 184 g/mol. The van der Waals surface area contributed by atoms with Crippen LogP contribution in [-0.2, 0) is 9.61 Å². The highest BCUT2D eigenvalue weighted by atomic mass is 17.3. The highest BCUT2D eigenvalue weighted by Gasteiger charge is 2.17. The molecule has 0 bridgehead atoms. The smallest absolute Gasteiger partial charge is 0.398 e. The maximum Gasteiger partial charge on any atom is 0.703 e. The third-order valence-corrected chi connectivity index (χ3v) is 1.34. The predicted octanol–water partition coefficient (Wildman–Crippen LogP) is 0.772. The van der Waals surface area contributed by atoms with Crippen LogP contribution in [0.2, 0.25) is 0 Å². The molecule has 70 valence electrons. The van der Waals surface area contributed by atoms with E-state index in [2.05, 4.69) is 14.5 Å². The summed E-state index contributed by atoms with van der Waals surface area (Å²) in [4.78, 5) is 12.2. The zero-order chi connectivity index (χ0) is 9.68. The molecule has 1 aromatic carbocycles. The molecule has 0 aliphatic rings. The van der Waals surface area contributed by atoms with Crippen molar-refractivity contribution in [3.8, 4) is 5.75 Å². The second-order valence-corrected chi connectivity index (χ2v) is 2.41. The molecule has 0 atom stereocenters. The summed E-state index contributed by atoms with van der Waals surface area (Å²) in [6.45, 7) is 1.93. The highest BCUT2D eigenvalue weighted by Crippen LogP contribution is 2.11. The SMILES string of the molecule is Cc1ccc(OOB(O)OO)cc1. The molecule has 0 aliphatic heterocycles. The number of aryl methyl sites for hydroxylation is 1. The molecule has 1 rings (SSSR count). The Morgan fingerprint density at radius 3 is 2.38 bits per heavy atom. The van der Waals surface area contributed by atoms with E-state index in [1.165, 1.54) is 0 Å². The molecule has 1 aromatic rings. The van der Waals surface area contributed by atoms with E-state index in [1.54, 1.807) is 12.1 Å². The van der Waals surface area contributed by atoms with Crippen molar-refractivity contribution < 1.29 is 24.8 Å². The lowest BCUT2D eigenvalue weighted by Gasteiger charge is -2.04. The van der Waals surface area contributed by atoms with Gasteiger partial charge in [-0.1, -0.05) is 17.7 Å². The standard InChI is InChI=1S/C7H9BO5/c1-6-2-4-7(5-3-6)11-13-8(9)12-10/h2-5,9-10H,1H3. The molecule has 0 heterocycles. The maximum atomic E-state index is 8.55. The second kappa shape index (κ2) is 4.83. The number of hydrogen-bond donors (Lipinski definition) is 2. The lowest BCUT2D eigenvalue weighted by Crippen LogP contribution is -2.22. The van der Waals surface area contributed by atoms with Gasteiger partial charge in [0.25, 0.3) is 0 Å². The van der Waals surface area contributed by atoms with E-state index in [9.17, 15) is 0 Å². The van der Waals surface area contributed by atoms with Crippen LogP contribution in [0.3, 0.4) is 0 Å². The summed E-state index contributed by atoms with van der Waals surface area (Å²) in [6, 6.07) is 6.93. The summed E-state index contributed by atoms with van der Waals surface area (Å²) in [6.07, 6.45) is 0. The molecule has 13 heavy (non-hydrogen) atoms. The minimum atomic E-state index is -1.80. The molecule has 2 N–H and O–H groups in total. The summed E-state index contributed by atoms with van der Waals surface area (Å²) < 4.78 is 0. The van der Waals surface area contributed by atoms with Crippen LogP contribution in [0.5, 0.6) is 5.75 Å². The van der Waals surface area contributed by atoms with Gasteiger partial charge in [-0.25, -0.2) is 4.81 Å². The zero-order valence-electron chi connectivity index (χ0n) is 7.01. The van der Waals surface area contributed by atoms with Crippen molar-refractivity contribution in [2.24, 2.45) is 0 Å². The third kappa shape index (κ3) is 3.43. The van der Waals surface area contributed by atoms with Gasteiger partial charge >= 0.3 is 7.32 Å². The van der Waals surface area contributed by atoms with E-state index in [0.29, 0.717) is 5.75 Å². The van der Waals surface area contributed by atoms with E-state index < -0.39 is 7.32 Å². The second-order valence-electron chi connectivity index (χ2n) is 2.41. The Balaban J connectivity index is 2.41. The van der Waals surface area contributed by atoms with Crippen LogP contribution >= 0.6 is 0 Å². The third-order valence-electron chi connectivity index (χ3n) is 1.34. The fraction of sp³-hybridized carbons (Fsp3) is 0.143. The first-order valence-corrected chi connectivity index (χ1v) is 3.60. The van der Waals surface area contributed by atoms with Crippen LogP contribution in [0.15, 0.2) is 24.3 Å². The normalized spacial score (nSPS) is 9.77. The number of benzene rings is 1. The van der Waals surface area contributed by atoms with Gasteiger partial charge in [-0.15, -0.1) is 0 Å². The Morgan fingerprint density at radius 1 is 1.23 bits per heavy atom.